The number of aromatic nitrogens is 3. The molecule has 1 amide bonds. The summed E-state index contributed by atoms with van der Waals surface area (Å²) < 4.78 is 4.58. The van der Waals surface area contributed by atoms with Gasteiger partial charge in [-0.25, -0.2) is 4.79 Å². The van der Waals surface area contributed by atoms with E-state index in [4.69, 9.17) is 0 Å². The number of rotatable bonds is 6. The number of carbonyl (C=O) groups is 1. The van der Waals surface area contributed by atoms with E-state index >= 15 is 0 Å². The summed E-state index contributed by atoms with van der Waals surface area (Å²) in [7, 11) is 0. The maximum absolute atomic E-state index is 13.0. The standard InChI is InChI=1S/C24H30N4O3/c1-3-27-22-20(23(30)28(4-2)24(27)31)12-15-26(22)17-21(29)25-13-10-19(11-14-25)16-18-8-6-5-7-9-18/h5-9,12,15,19H,3-4,10-11,13-14,16-17H2,1-2H3. The molecular formula is C24H30N4O3. The van der Waals surface area contributed by atoms with Crippen molar-refractivity contribution in [3.63, 3.8) is 0 Å². The first-order valence-electron chi connectivity index (χ1n) is 11.2. The Morgan fingerprint density at radius 1 is 0.968 bits per heavy atom. The highest BCUT2D eigenvalue weighted by molar-refractivity contribution is 5.81. The molecule has 0 aliphatic carbocycles. The zero-order valence-corrected chi connectivity index (χ0v) is 18.3. The zero-order chi connectivity index (χ0) is 22.0. The largest absolute Gasteiger partial charge is 0.341 e. The van der Waals surface area contributed by atoms with Crippen molar-refractivity contribution in [3.05, 3.63) is 69.0 Å². The zero-order valence-electron chi connectivity index (χ0n) is 18.3. The number of fused-ring (bicyclic) bond motifs is 1. The van der Waals surface area contributed by atoms with Gasteiger partial charge in [-0.1, -0.05) is 30.3 Å². The van der Waals surface area contributed by atoms with Crippen molar-refractivity contribution in [2.75, 3.05) is 13.1 Å². The topological polar surface area (TPSA) is 69.2 Å². The van der Waals surface area contributed by atoms with Gasteiger partial charge in [0.2, 0.25) is 5.91 Å². The summed E-state index contributed by atoms with van der Waals surface area (Å²) in [6.07, 6.45) is 4.79. The number of carbonyl (C=O) groups excluding carboxylic acids is 1. The predicted molar refractivity (Wildman–Crippen MR) is 121 cm³/mol. The van der Waals surface area contributed by atoms with Crippen LogP contribution < -0.4 is 11.2 Å². The van der Waals surface area contributed by atoms with Crippen LogP contribution in [-0.2, 0) is 30.8 Å². The Balaban J connectivity index is 1.48. The molecule has 1 saturated heterocycles. The van der Waals surface area contributed by atoms with Crippen molar-refractivity contribution in [1.82, 2.24) is 18.6 Å². The molecule has 1 fully saturated rings. The van der Waals surface area contributed by atoms with Crippen LogP contribution in [0.2, 0.25) is 0 Å². The number of hydrogen-bond donors (Lipinski definition) is 0. The van der Waals surface area contributed by atoms with E-state index in [9.17, 15) is 14.4 Å². The molecule has 1 aliphatic rings. The molecule has 164 valence electrons. The fourth-order valence-corrected chi connectivity index (χ4v) is 4.67. The highest BCUT2D eigenvalue weighted by atomic mass is 16.2. The molecular weight excluding hydrogens is 392 g/mol. The highest BCUT2D eigenvalue weighted by Gasteiger charge is 2.24. The second-order valence-corrected chi connectivity index (χ2v) is 8.27. The average molecular weight is 423 g/mol. The molecule has 3 aromatic rings. The van der Waals surface area contributed by atoms with Crippen molar-refractivity contribution in [3.8, 4) is 0 Å². The number of amides is 1. The predicted octanol–water partition coefficient (Wildman–Crippen LogP) is 2.49. The summed E-state index contributed by atoms with van der Waals surface area (Å²) >= 11 is 0. The van der Waals surface area contributed by atoms with Crippen LogP contribution >= 0.6 is 0 Å². The van der Waals surface area contributed by atoms with Gasteiger partial charge in [0.1, 0.15) is 12.2 Å². The monoisotopic (exact) mass is 422 g/mol. The molecule has 7 heteroatoms. The maximum Gasteiger partial charge on any atom is 0.332 e. The first kappa shape index (κ1) is 21.2. The summed E-state index contributed by atoms with van der Waals surface area (Å²) in [5, 5.41) is 0.484. The van der Waals surface area contributed by atoms with Crippen LogP contribution in [0.25, 0.3) is 11.0 Å². The van der Waals surface area contributed by atoms with E-state index in [1.807, 2.05) is 17.9 Å². The molecule has 0 radical (unpaired) electrons. The van der Waals surface area contributed by atoms with Gasteiger partial charge in [0.05, 0.1) is 5.39 Å². The van der Waals surface area contributed by atoms with Gasteiger partial charge in [0.25, 0.3) is 5.56 Å². The summed E-state index contributed by atoms with van der Waals surface area (Å²) in [6.45, 7) is 6.08. The van der Waals surface area contributed by atoms with Crippen LogP contribution in [0.4, 0.5) is 0 Å². The van der Waals surface area contributed by atoms with Gasteiger partial charge in [0.15, 0.2) is 0 Å². The van der Waals surface area contributed by atoms with Crippen LogP contribution in [0.5, 0.6) is 0 Å². The summed E-state index contributed by atoms with van der Waals surface area (Å²) in [5.41, 5.74) is 1.27. The average Bonchev–Trinajstić information content (AvgIpc) is 3.19. The molecule has 31 heavy (non-hydrogen) atoms. The number of hydrogen-bond acceptors (Lipinski definition) is 3. The number of piperidine rings is 1. The minimum absolute atomic E-state index is 0.0328. The Labute approximate surface area is 181 Å². The lowest BCUT2D eigenvalue weighted by Gasteiger charge is -2.32. The lowest BCUT2D eigenvalue weighted by molar-refractivity contribution is -0.133. The third kappa shape index (κ3) is 4.09. The van der Waals surface area contributed by atoms with Crippen molar-refractivity contribution in [2.24, 2.45) is 5.92 Å². The normalized spacial score (nSPS) is 15.0. The van der Waals surface area contributed by atoms with E-state index in [2.05, 4.69) is 24.3 Å². The molecule has 3 heterocycles. The van der Waals surface area contributed by atoms with E-state index in [1.165, 1.54) is 10.1 Å². The van der Waals surface area contributed by atoms with Gasteiger partial charge in [-0.05, 0) is 50.7 Å². The van der Waals surface area contributed by atoms with E-state index in [0.29, 0.717) is 30.0 Å². The van der Waals surface area contributed by atoms with Gasteiger partial charge in [0, 0.05) is 32.4 Å². The summed E-state index contributed by atoms with van der Waals surface area (Å²) in [6, 6.07) is 12.2. The van der Waals surface area contributed by atoms with Gasteiger partial charge in [-0.15, -0.1) is 0 Å². The van der Waals surface area contributed by atoms with Crippen LogP contribution in [0.15, 0.2) is 52.2 Å². The summed E-state index contributed by atoms with van der Waals surface area (Å²) in [4.78, 5) is 40.3. The number of nitrogens with zero attached hydrogens (tertiary/aromatic N) is 4. The molecule has 0 saturated carbocycles. The van der Waals surface area contributed by atoms with Gasteiger partial charge >= 0.3 is 5.69 Å². The first-order chi connectivity index (χ1) is 15.0. The van der Waals surface area contributed by atoms with E-state index in [1.54, 1.807) is 28.3 Å². The van der Waals surface area contributed by atoms with Crippen molar-refractivity contribution in [1.29, 1.82) is 0 Å². The molecule has 1 aromatic carbocycles. The minimum atomic E-state index is -0.323. The molecule has 4 rings (SSSR count). The first-order valence-corrected chi connectivity index (χ1v) is 11.2. The third-order valence-corrected chi connectivity index (χ3v) is 6.40. The number of benzene rings is 1. The molecule has 7 nitrogen and oxygen atoms in total. The number of aryl methyl sites for hydroxylation is 1. The molecule has 0 spiro atoms. The lowest BCUT2D eigenvalue weighted by atomic mass is 9.90. The van der Waals surface area contributed by atoms with Crippen molar-refractivity contribution >= 4 is 16.9 Å². The fraction of sp³-hybridized carbons (Fsp3) is 0.458. The molecule has 0 bridgehead atoms. The lowest BCUT2D eigenvalue weighted by Crippen LogP contribution is -2.42. The summed E-state index contributed by atoms with van der Waals surface area (Å²) in [5.74, 6) is 0.627. The van der Waals surface area contributed by atoms with E-state index in [0.717, 1.165) is 32.4 Å². The maximum atomic E-state index is 13.0. The Morgan fingerprint density at radius 3 is 2.29 bits per heavy atom. The van der Waals surface area contributed by atoms with Crippen LogP contribution in [0.3, 0.4) is 0 Å². The minimum Gasteiger partial charge on any atom is -0.341 e. The van der Waals surface area contributed by atoms with Crippen LogP contribution in [0, 0.1) is 5.92 Å². The Bertz CT molecular complexity index is 1180. The van der Waals surface area contributed by atoms with E-state index in [-0.39, 0.29) is 23.7 Å². The second kappa shape index (κ2) is 8.96. The molecule has 0 unspecified atom stereocenters. The molecule has 0 atom stereocenters. The fourth-order valence-electron chi connectivity index (χ4n) is 4.67. The van der Waals surface area contributed by atoms with Crippen molar-refractivity contribution in [2.45, 2.75) is 52.7 Å². The number of likely N-dealkylation sites (tertiary alicyclic amines) is 1. The van der Waals surface area contributed by atoms with E-state index < -0.39 is 0 Å². The van der Waals surface area contributed by atoms with Gasteiger partial charge < -0.3 is 9.47 Å². The molecule has 0 N–H and O–H groups in total. The third-order valence-electron chi connectivity index (χ3n) is 6.40. The Hall–Kier alpha value is -3.09. The molecule has 2 aromatic heterocycles. The van der Waals surface area contributed by atoms with Crippen molar-refractivity contribution < 1.29 is 4.79 Å². The van der Waals surface area contributed by atoms with Crippen LogP contribution in [0.1, 0.15) is 32.3 Å². The van der Waals surface area contributed by atoms with Gasteiger partial charge in [-0.2, -0.15) is 0 Å². The molecule has 1 aliphatic heterocycles. The SMILES string of the molecule is CCn1c(=O)c2ccn(CC(=O)N3CCC(Cc4ccccc4)CC3)c2n(CC)c1=O. The Kier molecular flexibility index (Phi) is 6.11. The highest BCUT2D eigenvalue weighted by Crippen LogP contribution is 2.22. The van der Waals surface area contributed by atoms with Gasteiger partial charge in [-0.3, -0.25) is 18.7 Å². The Morgan fingerprint density at radius 2 is 1.65 bits per heavy atom. The quantitative estimate of drug-likeness (QED) is 0.613. The smallest absolute Gasteiger partial charge is 0.332 e. The second-order valence-electron chi connectivity index (χ2n) is 8.27. The van der Waals surface area contributed by atoms with Crippen LogP contribution in [-0.4, -0.2) is 37.6 Å².